The van der Waals surface area contributed by atoms with Crippen molar-refractivity contribution >= 4 is 52.8 Å². The van der Waals surface area contributed by atoms with Crippen LogP contribution in [0.1, 0.15) is 162 Å². The van der Waals surface area contributed by atoms with Crippen molar-refractivity contribution in [2.45, 2.75) is 201 Å². The van der Waals surface area contributed by atoms with Crippen LogP contribution in [0.2, 0.25) is 0 Å². The fourth-order valence-electron chi connectivity index (χ4n) is 12.7. The maximum Gasteiger partial charge on any atom is 0.312 e. The zero-order valence-corrected chi connectivity index (χ0v) is 55.9. The number of ketones is 4. The largest absolute Gasteiger partial charge is 0.379 e. The number of urea groups is 1. The average molecular weight is 1230 g/mol. The van der Waals surface area contributed by atoms with Gasteiger partial charge < -0.3 is 46.7 Å². The second-order valence-corrected chi connectivity index (χ2v) is 26.0. The van der Waals surface area contributed by atoms with Gasteiger partial charge in [-0.05, 0) is 112 Å². The van der Waals surface area contributed by atoms with Crippen molar-refractivity contribution in [3.05, 3.63) is 71.3 Å². The minimum Gasteiger partial charge on any atom is -0.379 e. The molecule has 88 heavy (non-hydrogen) atoms. The number of nitrogens with zero attached hydrogens (tertiary/aromatic N) is 3. The number of unbranched alkanes of at least 4 members (excludes halogenated alkanes) is 2. The third-order valence-corrected chi connectivity index (χ3v) is 18.1. The monoisotopic (exact) mass is 1230 g/mol. The molecular formula is C69H112N8O11. The van der Waals surface area contributed by atoms with Crippen LogP contribution in [0.15, 0.2) is 54.6 Å². The van der Waals surface area contributed by atoms with E-state index in [1.54, 1.807) is 31.1 Å². The molecule has 1 aliphatic rings. The van der Waals surface area contributed by atoms with Crippen LogP contribution in [0.25, 0.3) is 0 Å². The number of amides is 6. The van der Waals surface area contributed by atoms with Crippen LogP contribution in [-0.4, -0.2) is 165 Å². The van der Waals surface area contributed by atoms with Crippen LogP contribution in [0.5, 0.6) is 0 Å². The zero-order valence-electron chi connectivity index (χ0n) is 55.9. The molecule has 0 saturated carbocycles. The standard InChI is InChI=1S/C69H112N8O11/c1-15-47(8)64(76(12)68(85)55(45(4)5)42-60(81)63(46(6)7)75(10)11)61(87-13)43-62(82)77-37-23-28-57(77)65(88-14)48(9)58(79)40-52(38-50-24-18-16-19-25-50)66(83)72-36-33-49-29-31-51(32-30-49)39-59(80)56(27-22-35-73-69(71)86)74-67(84)54(44(2)3)41-53(78)26-20-17-21-34-70/h16,18-19,24-25,29-32,44-48,52,54-57,61,63-65H,15,17,20-23,26-28,33-43,70H2,1-14H3,(H,72,83)(H,74,84)(H3,71,73,86)/t47-,48?,52+,54+,55-,56+,57?,61?,63?,64?,65+/m0/s1. The zero-order chi connectivity index (χ0) is 65.8. The van der Waals surface area contributed by atoms with Gasteiger partial charge in [0.15, 0.2) is 11.6 Å². The summed E-state index contributed by atoms with van der Waals surface area (Å²) < 4.78 is 12.3. The number of benzene rings is 2. The van der Waals surface area contributed by atoms with Crippen molar-refractivity contribution in [1.82, 2.24) is 30.7 Å². The maximum absolute atomic E-state index is 14.6. The molecule has 6 amide bonds. The lowest BCUT2D eigenvalue weighted by Gasteiger charge is -2.41. The summed E-state index contributed by atoms with van der Waals surface area (Å²) >= 11 is 0. The second kappa shape index (κ2) is 39.3. The first-order chi connectivity index (χ1) is 41.7. The van der Waals surface area contributed by atoms with Crippen molar-refractivity contribution in [2.75, 3.05) is 61.5 Å². The normalized spacial score (nSPS) is 16.9. The van der Waals surface area contributed by atoms with Gasteiger partial charge in [0.2, 0.25) is 23.6 Å². The van der Waals surface area contributed by atoms with Gasteiger partial charge in [-0.25, -0.2) is 4.79 Å². The van der Waals surface area contributed by atoms with E-state index in [-0.39, 0.29) is 128 Å². The van der Waals surface area contributed by atoms with Crippen LogP contribution in [0, 0.1) is 47.3 Å². The van der Waals surface area contributed by atoms with Crippen molar-refractivity contribution in [2.24, 2.45) is 58.8 Å². The Morgan fingerprint density at radius 1 is 0.682 bits per heavy atom. The number of ether oxygens (including phenoxy) is 2. The molecule has 2 aromatic rings. The molecule has 5 unspecified atom stereocenters. The fourth-order valence-corrected chi connectivity index (χ4v) is 12.7. The van der Waals surface area contributed by atoms with Gasteiger partial charge in [-0.1, -0.05) is 130 Å². The summed E-state index contributed by atoms with van der Waals surface area (Å²) in [7, 11) is 8.65. The Bertz CT molecular complexity index is 2500. The van der Waals surface area contributed by atoms with E-state index in [1.165, 1.54) is 0 Å². The molecule has 1 fully saturated rings. The van der Waals surface area contributed by atoms with Crippen LogP contribution < -0.4 is 27.4 Å². The van der Waals surface area contributed by atoms with E-state index in [2.05, 4.69) is 22.9 Å². The molecular weight excluding hydrogens is 1120 g/mol. The Hall–Kier alpha value is -5.89. The number of carbonyl (C=O) groups excluding carboxylic acids is 9. The number of nitrogens with one attached hydrogen (secondary N) is 3. The lowest BCUT2D eigenvalue weighted by molar-refractivity contribution is -0.149. The Balaban J connectivity index is 1.74. The van der Waals surface area contributed by atoms with Crippen LogP contribution in [0.3, 0.4) is 0 Å². The highest BCUT2D eigenvalue weighted by molar-refractivity contribution is 5.93. The number of hydrogen-bond donors (Lipinski definition) is 5. The first kappa shape index (κ1) is 76.4. The number of hydrogen-bond acceptors (Lipinski definition) is 13. The van der Waals surface area contributed by atoms with Gasteiger partial charge in [0, 0.05) is 96.7 Å². The minimum atomic E-state index is -0.861. The van der Waals surface area contributed by atoms with E-state index in [4.69, 9.17) is 20.9 Å². The van der Waals surface area contributed by atoms with Crippen LogP contribution >= 0.6 is 0 Å². The minimum absolute atomic E-state index is 0.00390. The van der Waals surface area contributed by atoms with Gasteiger partial charge >= 0.3 is 6.03 Å². The Kier molecular flexibility index (Phi) is 34.1. The number of Topliss-reactive ketones (excluding diaryl/α,β-unsaturated/α-hetero) is 4. The van der Waals surface area contributed by atoms with Gasteiger partial charge in [0.05, 0.1) is 42.8 Å². The predicted molar refractivity (Wildman–Crippen MR) is 346 cm³/mol. The summed E-state index contributed by atoms with van der Waals surface area (Å²) in [5, 5.41) is 8.55. The Morgan fingerprint density at radius 2 is 1.33 bits per heavy atom. The van der Waals surface area contributed by atoms with Crippen LogP contribution in [0.4, 0.5) is 4.79 Å². The van der Waals surface area contributed by atoms with Crippen molar-refractivity contribution < 1.29 is 52.6 Å². The summed E-state index contributed by atoms with van der Waals surface area (Å²) in [4.78, 5) is 129. The third-order valence-electron chi connectivity index (χ3n) is 18.1. The molecule has 1 aliphatic heterocycles. The van der Waals surface area contributed by atoms with Gasteiger partial charge in [0.25, 0.3) is 0 Å². The Labute approximate surface area is 527 Å². The first-order valence-corrected chi connectivity index (χ1v) is 32.5. The molecule has 1 heterocycles. The van der Waals surface area contributed by atoms with Crippen molar-refractivity contribution in [3.63, 3.8) is 0 Å². The summed E-state index contributed by atoms with van der Waals surface area (Å²) in [5.74, 6) is -4.08. The van der Waals surface area contributed by atoms with Crippen LogP contribution in [-0.2, 0) is 67.1 Å². The highest BCUT2D eigenvalue weighted by Crippen LogP contribution is 2.32. The number of likely N-dealkylation sites (N-methyl/N-ethyl adjacent to an activating group) is 2. The second-order valence-electron chi connectivity index (χ2n) is 26.0. The van der Waals surface area contributed by atoms with Crippen molar-refractivity contribution in [3.8, 4) is 0 Å². The maximum atomic E-state index is 14.6. The molecule has 1 saturated heterocycles. The highest BCUT2D eigenvalue weighted by Gasteiger charge is 2.44. The van der Waals surface area contributed by atoms with Gasteiger partial charge in [-0.2, -0.15) is 0 Å². The van der Waals surface area contributed by atoms with Crippen molar-refractivity contribution in [1.29, 1.82) is 0 Å². The van der Waals surface area contributed by atoms with Gasteiger partial charge in [0.1, 0.15) is 11.6 Å². The van der Waals surface area contributed by atoms with E-state index in [9.17, 15) is 43.2 Å². The number of primary amides is 1. The van der Waals surface area contributed by atoms with E-state index < -0.39 is 60.0 Å². The highest BCUT2D eigenvalue weighted by atomic mass is 16.5. The molecule has 19 nitrogen and oxygen atoms in total. The number of rotatable bonds is 43. The van der Waals surface area contributed by atoms with E-state index in [0.29, 0.717) is 58.0 Å². The molecule has 0 spiro atoms. The molecule has 7 N–H and O–H groups in total. The molecule has 0 aromatic heterocycles. The smallest absolute Gasteiger partial charge is 0.312 e. The van der Waals surface area contributed by atoms with Gasteiger partial charge in [-0.15, -0.1) is 0 Å². The molecule has 494 valence electrons. The molecule has 19 heteroatoms. The lowest BCUT2D eigenvalue weighted by Crippen LogP contribution is -2.54. The van der Waals surface area contributed by atoms with E-state index >= 15 is 0 Å². The number of methoxy groups -OCH3 is 2. The lowest BCUT2D eigenvalue weighted by atomic mass is 9.83. The van der Waals surface area contributed by atoms with E-state index in [0.717, 1.165) is 36.0 Å². The molecule has 0 radical (unpaired) electrons. The topological polar surface area (TPSA) is 270 Å². The fraction of sp³-hybridized carbons (Fsp3) is 0.696. The summed E-state index contributed by atoms with van der Waals surface area (Å²) in [6, 6.07) is 14.3. The molecule has 3 rings (SSSR count). The summed E-state index contributed by atoms with van der Waals surface area (Å²) in [6.45, 7) is 19.2. The summed E-state index contributed by atoms with van der Waals surface area (Å²) in [6.07, 6.45) is 5.04. The quantitative estimate of drug-likeness (QED) is 0.0399. The summed E-state index contributed by atoms with van der Waals surface area (Å²) in [5.41, 5.74) is 13.4. The molecule has 11 atom stereocenters. The molecule has 2 aromatic carbocycles. The molecule has 0 bridgehead atoms. The van der Waals surface area contributed by atoms with Gasteiger partial charge in [-0.3, -0.25) is 43.3 Å². The Morgan fingerprint density at radius 3 is 1.90 bits per heavy atom. The predicted octanol–water partition coefficient (Wildman–Crippen LogP) is 7.70. The SMILES string of the molecule is CC[C@H](C)C(C(CC(=O)N1CCCC1[C@H](OC)C(C)C(=O)C[C@@H](Cc1ccccc1)C(=O)NCCc1ccc(CC(=O)[C@@H](CCCNC(N)=O)NC(=O)[C@H](CC(=O)CCCCCN)C(C)C)cc1)OC)N(C)C(=O)[C@@H](CC(=O)C(C(C)C)N(C)C)C(C)C. The van der Waals surface area contributed by atoms with E-state index in [1.807, 2.05) is 129 Å². The first-order valence-electron chi connectivity index (χ1n) is 32.5. The average Bonchev–Trinajstić information content (AvgIpc) is 2.47. The number of likely N-dealkylation sites (tertiary alicyclic amines) is 1. The number of nitrogens with two attached hydrogens (primary N) is 2. The molecule has 0 aliphatic carbocycles. The third kappa shape index (κ3) is 24.5. The number of carbonyl (C=O) groups is 9.